The summed E-state index contributed by atoms with van der Waals surface area (Å²) < 4.78 is 5.28. The van der Waals surface area contributed by atoms with Crippen LogP contribution in [0.15, 0.2) is 24.3 Å². The molecular weight excluding hydrogens is 420 g/mol. The van der Waals surface area contributed by atoms with Gasteiger partial charge in [0, 0.05) is 45.2 Å². The highest BCUT2D eigenvalue weighted by molar-refractivity contribution is 5.90. The highest BCUT2D eigenvalue weighted by atomic mass is 16.5. The zero-order chi connectivity index (χ0) is 24.0. The fourth-order valence-electron chi connectivity index (χ4n) is 4.75. The van der Waals surface area contributed by atoms with E-state index in [1.807, 2.05) is 47.9 Å². The van der Waals surface area contributed by atoms with Gasteiger partial charge in [0.15, 0.2) is 0 Å². The van der Waals surface area contributed by atoms with Crippen LogP contribution in [0, 0.1) is 5.92 Å². The van der Waals surface area contributed by atoms with Crippen molar-refractivity contribution in [3.05, 3.63) is 29.8 Å². The second-order valence-corrected chi connectivity index (χ2v) is 9.29. The van der Waals surface area contributed by atoms with Crippen LogP contribution < -0.4 is 10.1 Å². The van der Waals surface area contributed by atoms with E-state index >= 15 is 0 Å². The number of unbranched alkanes of at least 4 members (excludes halogenated alkanes) is 1. The second kappa shape index (κ2) is 11.5. The quantitative estimate of drug-likeness (QED) is 0.613. The molecule has 3 rings (SSSR count). The Bertz CT molecular complexity index is 818. The first-order chi connectivity index (χ1) is 15.8. The van der Waals surface area contributed by atoms with Crippen LogP contribution in [0.1, 0.15) is 51.6 Å². The first kappa shape index (κ1) is 25.0. The largest absolute Gasteiger partial charge is 0.497 e. The Morgan fingerprint density at radius 3 is 2.36 bits per heavy atom. The average molecular weight is 459 g/mol. The number of methoxy groups -OCH3 is 1. The van der Waals surface area contributed by atoms with Crippen molar-refractivity contribution in [3.63, 3.8) is 0 Å². The summed E-state index contributed by atoms with van der Waals surface area (Å²) in [4.78, 5) is 44.4. The summed E-state index contributed by atoms with van der Waals surface area (Å²) in [6.45, 7) is 9.46. The lowest BCUT2D eigenvalue weighted by molar-refractivity contribution is -0.138. The van der Waals surface area contributed by atoms with Crippen LogP contribution >= 0.6 is 0 Å². The number of likely N-dealkylation sites (tertiary alicyclic amines) is 1. The molecule has 2 saturated heterocycles. The monoisotopic (exact) mass is 458 g/mol. The molecule has 2 atom stereocenters. The number of hydrogen-bond acceptors (Lipinski definition) is 5. The minimum absolute atomic E-state index is 0.0114. The molecule has 1 aromatic carbocycles. The van der Waals surface area contributed by atoms with Crippen molar-refractivity contribution in [1.29, 1.82) is 0 Å². The molecule has 2 heterocycles. The van der Waals surface area contributed by atoms with Gasteiger partial charge in [-0.15, -0.1) is 0 Å². The maximum atomic E-state index is 13.6. The van der Waals surface area contributed by atoms with Crippen LogP contribution in [0.4, 0.5) is 0 Å². The van der Waals surface area contributed by atoms with Gasteiger partial charge < -0.3 is 19.9 Å². The SMILES string of the molecule is CCCCN1C(=O)CC(C(=O)N2CCN(CC(=O)NC(C)C)CC2)C1c1ccc(OC)cc1. The molecule has 182 valence electrons. The number of piperazine rings is 1. The third kappa shape index (κ3) is 6.25. The summed E-state index contributed by atoms with van der Waals surface area (Å²) in [5.74, 6) is 0.459. The molecule has 2 fully saturated rings. The molecular formula is C25H38N4O4. The predicted octanol–water partition coefficient (Wildman–Crippen LogP) is 2.05. The number of amides is 3. The minimum Gasteiger partial charge on any atom is -0.497 e. The smallest absolute Gasteiger partial charge is 0.234 e. The van der Waals surface area contributed by atoms with E-state index in [0.29, 0.717) is 39.3 Å². The Morgan fingerprint density at radius 1 is 1.12 bits per heavy atom. The van der Waals surface area contributed by atoms with Gasteiger partial charge in [0.05, 0.1) is 25.6 Å². The van der Waals surface area contributed by atoms with Gasteiger partial charge in [-0.1, -0.05) is 25.5 Å². The van der Waals surface area contributed by atoms with Gasteiger partial charge in [-0.2, -0.15) is 0 Å². The van der Waals surface area contributed by atoms with Crippen LogP contribution in [0.3, 0.4) is 0 Å². The molecule has 8 heteroatoms. The molecule has 2 aliphatic rings. The molecule has 33 heavy (non-hydrogen) atoms. The fourth-order valence-corrected chi connectivity index (χ4v) is 4.75. The number of carbonyl (C=O) groups excluding carboxylic acids is 3. The van der Waals surface area contributed by atoms with E-state index in [9.17, 15) is 14.4 Å². The maximum Gasteiger partial charge on any atom is 0.234 e. The van der Waals surface area contributed by atoms with Crippen molar-refractivity contribution in [3.8, 4) is 5.75 Å². The lowest BCUT2D eigenvalue weighted by atomic mass is 9.92. The van der Waals surface area contributed by atoms with Gasteiger partial charge in [-0.25, -0.2) is 0 Å². The molecule has 3 amide bonds. The molecule has 2 aliphatic heterocycles. The lowest BCUT2D eigenvalue weighted by Crippen LogP contribution is -2.53. The first-order valence-electron chi connectivity index (χ1n) is 12.1. The molecule has 0 radical (unpaired) electrons. The summed E-state index contributed by atoms with van der Waals surface area (Å²) >= 11 is 0. The van der Waals surface area contributed by atoms with Gasteiger partial charge in [-0.3, -0.25) is 19.3 Å². The van der Waals surface area contributed by atoms with Crippen molar-refractivity contribution in [2.75, 3.05) is 46.4 Å². The highest BCUT2D eigenvalue weighted by Crippen LogP contribution is 2.40. The van der Waals surface area contributed by atoms with Crippen molar-refractivity contribution in [2.45, 2.75) is 52.1 Å². The molecule has 2 unspecified atom stereocenters. The Balaban J connectivity index is 1.69. The third-order valence-corrected chi connectivity index (χ3v) is 6.46. The van der Waals surface area contributed by atoms with Crippen LogP contribution in [0.2, 0.25) is 0 Å². The number of rotatable bonds is 9. The summed E-state index contributed by atoms with van der Waals surface area (Å²) in [5, 5.41) is 2.91. The first-order valence-corrected chi connectivity index (χ1v) is 12.1. The fraction of sp³-hybridized carbons (Fsp3) is 0.640. The van der Waals surface area contributed by atoms with E-state index in [1.54, 1.807) is 7.11 Å². The summed E-state index contributed by atoms with van der Waals surface area (Å²) in [5.41, 5.74) is 0.972. The summed E-state index contributed by atoms with van der Waals surface area (Å²) in [7, 11) is 1.63. The highest BCUT2D eigenvalue weighted by Gasteiger charge is 2.45. The number of ether oxygens (including phenoxy) is 1. The van der Waals surface area contributed by atoms with Gasteiger partial charge in [0.2, 0.25) is 17.7 Å². The standard InChI is InChI=1S/C25H38N4O4/c1-5-6-11-29-23(31)16-21(24(29)19-7-9-20(33-4)10-8-19)25(32)28-14-12-27(13-15-28)17-22(30)26-18(2)3/h7-10,18,21,24H,5-6,11-17H2,1-4H3,(H,26,30). The van der Waals surface area contributed by atoms with Gasteiger partial charge in [0.25, 0.3) is 0 Å². The van der Waals surface area contributed by atoms with Gasteiger partial charge in [-0.05, 0) is 38.0 Å². The molecule has 0 aliphatic carbocycles. The topological polar surface area (TPSA) is 82.2 Å². The normalized spacial score (nSPS) is 21.5. The zero-order valence-corrected chi connectivity index (χ0v) is 20.4. The summed E-state index contributed by atoms with van der Waals surface area (Å²) in [6.07, 6.45) is 2.15. The van der Waals surface area contributed by atoms with Crippen LogP contribution in [0.25, 0.3) is 0 Å². The Labute approximate surface area is 197 Å². The number of carbonyl (C=O) groups is 3. The van der Waals surface area contributed by atoms with Crippen molar-refractivity contribution in [1.82, 2.24) is 20.0 Å². The maximum absolute atomic E-state index is 13.6. The van der Waals surface area contributed by atoms with E-state index < -0.39 is 5.92 Å². The van der Waals surface area contributed by atoms with E-state index in [2.05, 4.69) is 17.1 Å². The van der Waals surface area contributed by atoms with Crippen LogP contribution in [-0.2, 0) is 14.4 Å². The van der Waals surface area contributed by atoms with E-state index in [0.717, 1.165) is 24.2 Å². The van der Waals surface area contributed by atoms with E-state index in [-0.39, 0.29) is 36.2 Å². The van der Waals surface area contributed by atoms with Crippen molar-refractivity contribution < 1.29 is 19.1 Å². The number of benzene rings is 1. The minimum atomic E-state index is -0.390. The Morgan fingerprint density at radius 2 is 1.79 bits per heavy atom. The molecule has 0 saturated carbocycles. The Kier molecular flexibility index (Phi) is 8.72. The van der Waals surface area contributed by atoms with Crippen LogP contribution in [-0.4, -0.2) is 84.8 Å². The number of nitrogens with one attached hydrogen (secondary N) is 1. The number of hydrogen-bond donors (Lipinski definition) is 1. The van der Waals surface area contributed by atoms with Gasteiger partial charge >= 0.3 is 0 Å². The third-order valence-electron chi connectivity index (χ3n) is 6.46. The van der Waals surface area contributed by atoms with E-state index in [4.69, 9.17) is 4.74 Å². The molecule has 0 bridgehead atoms. The summed E-state index contributed by atoms with van der Waals surface area (Å²) in [6, 6.07) is 7.57. The molecule has 0 aromatic heterocycles. The second-order valence-electron chi connectivity index (χ2n) is 9.29. The number of nitrogens with zero attached hydrogens (tertiary/aromatic N) is 3. The predicted molar refractivity (Wildman–Crippen MR) is 127 cm³/mol. The Hall–Kier alpha value is -2.61. The van der Waals surface area contributed by atoms with Crippen LogP contribution in [0.5, 0.6) is 5.75 Å². The molecule has 8 nitrogen and oxygen atoms in total. The molecule has 1 aromatic rings. The van der Waals surface area contributed by atoms with E-state index in [1.165, 1.54) is 0 Å². The zero-order valence-electron chi connectivity index (χ0n) is 20.4. The molecule has 1 N–H and O–H groups in total. The average Bonchev–Trinajstić information content (AvgIpc) is 3.13. The van der Waals surface area contributed by atoms with Gasteiger partial charge in [0.1, 0.15) is 5.75 Å². The van der Waals surface area contributed by atoms with Crippen molar-refractivity contribution in [2.24, 2.45) is 5.92 Å². The molecule has 0 spiro atoms. The van der Waals surface area contributed by atoms with Crippen molar-refractivity contribution >= 4 is 17.7 Å². The lowest BCUT2D eigenvalue weighted by Gasteiger charge is -2.37.